The number of aliphatic hydroxyl groups excluding tert-OH is 1. The van der Waals surface area contributed by atoms with E-state index in [-0.39, 0.29) is 30.0 Å². The summed E-state index contributed by atoms with van der Waals surface area (Å²) >= 11 is 0. The number of β-amino-alcohol motifs (C(OH)–C–C–N with tert-alkyl or cyclic N) is 1. The number of nitriles is 1. The van der Waals surface area contributed by atoms with Crippen LogP contribution in [0.1, 0.15) is 29.7 Å². The maximum atomic E-state index is 12.4. The molecule has 0 saturated carbocycles. The molecular weight excluding hydrogens is 356 g/mol. The van der Waals surface area contributed by atoms with Crippen molar-refractivity contribution >= 4 is 11.7 Å². The molecule has 1 aromatic heterocycles. The number of anilines is 1. The molecule has 3 rings (SSSR count). The molecule has 1 amide bonds. The van der Waals surface area contributed by atoms with Gasteiger partial charge in [-0.2, -0.15) is 5.26 Å². The largest absolute Gasteiger partial charge is 0.389 e. The van der Waals surface area contributed by atoms with Gasteiger partial charge in [-0.05, 0) is 35.7 Å². The zero-order chi connectivity index (χ0) is 20.1. The zero-order valence-electron chi connectivity index (χ0n) is 15.7. The van der Waals surface area contributed by atoms with E-state index < -0.39 is 6.10 Å². The first-order chi connectivity index (χ1) is 13.5. The summed E-state index contributed by atoms with van der Waals surface area (Å²) in [6, 6.07) is 12.7. The molecule has 8 nitrogen and oxygen atoms in total. The lowest BCUT2D eigenvalue weighted by Crippen LogP contribution is -2.43. The molecule has 8 heteroatoms. The molecule has 1 aliphatic rings. The normalized spacial score (nSPS) is 19.9. The van der Waals surface area contributed by atoms with Crippen LogP contribution in [0.15, 0.2) is 36.4 Å². The third-order valence-electron chi connectivity index (χ3n) is 4.99. The van der Waals surface area contributed by atoms with E-state index in [0.717, 1.165) is 11.1 Å². The average Bonchev–Trinajstić information content (AvgIpc) is 3.08. The van der Waals surface area contributed by atoms with E-state index in [2.05, 4.69) is 22.4 Å². The van der Waals surface area contributed by atoms with Crippen molar-refractivity contribution < 1.29 is 9.90 Å². The number of amides is 1. The topological polar surface area (TPSA) is 128 Å². The lowest BCUT2D eigenvalue weighted by molar-refractivity contribution is -0.121. The van der Waals surface area contributed by atoms with Crippen LogP contribution in [0.5, 0.6) is 0 Å². The van der Waals surface area contributed by atoms with Crippen LogP contribution in [0, 0.1) is 11.3 Å². The standard InChI is InChI=1S/C20H24N6O2/c1-13(9-21)15-4-2-14(3-5-15)8-20(28)23-17-11-26(12-18(17)27)19-7-6-16(10-22)24-25-19/h2-7,13,17-18,27H,8-9,11-12,21H2,1H3,(H,23,28)/t13?,17-,18+/m1/s1. The number of nitrogens with zero attached hydrogens (tertiary/aromatic N) is 4. The van der Waals surface area contributed by atoms with Crippen LogP contribution in [0.2, 0.25) is 0 Å². The lowest BCUT2D eigenvalue weighted by atomic mass is 9.99. The fraction of sp³-hybridized carbons (Fsp3) is 0.400. The molecule has 0 aliphatic carbocycles. The van der Waals surface area contributed by atoms with Crippen molar-refractivity contribution in [2.24, 2.45) is 5.73 Å². The summed E-state index contributed by atoms with van der Waals surface area (Å²) in [6.45, 7) is 3.42. The molecule has 28 heavy (non-hydrogen) atoms. The van der Waals surface area contributed by atoms with Gasteiger partial charge < -0.3 is 21.1 Å². The first-order valence-corrected chi connectivity index (χ1v) is 9.25. The Morgan fingerprint density at radius 3 is 2.68 bits per heavy atom. The fourth-order valence-corrected chi connectivity index (χ4v) is 3.21. The van der Waals surface area contributed by atoms with Crippen molar-refractivity contribution in [3.8, 4) is 6.07 Å². The molecule has 1 aromatic carbocycles. The molecule has 0 bridgehead atoms. The number of rotatable bonds is 6. The number of aliphatic hydroxyl groups is 1. The smallest absolute Gasteiger partial charge is 0.224 e. The first kappa shape index (κ1) is 19.7. The molecular formula is C20H24N6O2. The van der Waals surface area contributed by atoms with Gasteiger partial charge in [0.05, 0.1) is 18.6 Å². The molecule has 0 spiro atoms. The number of hydrogen-bond donors (Lipinski definition) is 3. The summed E-state index contributed by atoms with van der Waals surface area (Å²) < 4.78 is 0. The Hall–Kier alpha value is -3.02. The summed E-state index contributed by atoms with van der Waals surface area (Å²) in [5.41, 5.74) is 7.98. The molecule has 0 radical (unpaired) electrons. The number of hydrogen-bond acceptors (Lipinski definition) is 7. The molecule has 146 valence electrons. The monoisotopic (exact) mass is 380 g/mol. The van der Waals surface area contributed by atoms with Crippen LogP contribution in [-0.2, 0) is 11.2 Å². The first-order valence-electron chi connectivity index (χ1n) is 9.25. The van der Waals surface area contributed by atoms with Crippen molar-refractivity contribution in [2.45, 2.75) is 31.4 Å². The van der Waals surface area contributed by atoms with Crippen LogP contribution in [0.25, 0.3) is 0 Å². The van der Waals surface area contributed by atoms with Crippen molar-refractivity contribution in [1.82, 2.24) is 15.5 Å². The maximum absolute atomic E-state index is 12.4. The Morgan fingerprint density at radius 1 is 1.32 bits per heavy atom. The summed E-state index contributed by atoms with van der Waals surface area (Å²) in [6.07, 6.45) is -0.453. The summed E-state index contributed by atoms with van der Waals surface area (Å²) in [5, 5.41) is 29.8. The Kier molecular flexibility index (Phi) is 6.19. The van der Waals surface area contributed by atoms with E-state index in [4.69, 9.17) is 11.0 Å². The Morgan fingerprint density at radius 2 is 2.07 bits per heavy atom. The number of carbonyl (C=O) groups is 1. The van der Waals surface area contributed by atoms with Crippen LogP contribution in [0.3, 0.4) is 0 Å². The maximum Gasteiger partial charge on any atom is 0.224 e. The number of carbonyl (C=O) groups excluding carboxylic acids is 1. The SMILES string of the molecule is CC(CN)c1ccc(CC(=O)N[C@@H]2CN(c3ccc(C#N)nn3)C[C@@H]2O)cc1. The summed E-state index contributed by atoms with van der Waals surface area (Å²) in [5.74, 6) is 0.712. The fourth-order valence-electron chi connectivity index (χ4n) is 3.21. The number of nitrogens with two attached hydrogens (primary N) is 1. The van der Waals surface area contributed by atoms with Gasteiger partial charge in [-0.15, -0.1) is 10.2 Å². The minimum atomic E-state index is -0.700. The van der Waals surface area contributed by atoms with E-state index in [9.17, 15) is 9.90 Å². The molecule has 1 saturated heterocycles. The van der Waals surface area contributed by atoms with Crippen molar-refractivity contribution in [3.05, 3.63) is 53.2 Å². The molecule has 1 aliphatic heterocycles. The van der Waals surface area contributed by atoms with Crippen molar-refractivity contribution in [2.75, 3.05) is 24.5 Å². The van der Waals surface area contributed by atoms with Gasteiger partial charge in [0.15, 0.2) is 11.5 Å². The summed E-state index contributed by atoms with van der Waals surface area (Å²) in [7, 11) is 0. The summed E-state index contributed by atoms with van der Waals surface area (Å²) in [4.78, 5) is 14.2. The minimum Gasteiger partial charge on any atom is -0.389 e. The second kappa shape index (κ2) is 8.78. The van der Waals surface area contributed by atoms with E-state index in [1.807, 2.05) is 35.2 Å². The highest BCUT2D eigenvalue weighted by Crippen LogP contribution is 2.18. The second-order valence-electron chi connectivity index (χ2n) is 7.09. The van der Waals surface area contributed by atoms with Gasteiger partial charge in [0.1, 0.15) is 6.07 Å². The molecule has 3 atom stereocenters. The van der Waals surface area contributed by atoms with Gasteiger partial charge in [0.25, 0.3) is 0 Å². The quantitative estimate of drug-likeness (QED) is 0.658. The lowest BCUT2D eigenvalue weighted by Gasteiger charge is -2.17. The van der Waals surface area contributed by atoms with Crippen LogP contribution in [-0.4, -0.2) is 53.0 Å². The zero-order valence-corrected chi connectivity index (χ0v) is 15.7. The Balaban J connectivity index is 1.55. The highest BCUT2D eigenvalue weighted by molar-refractivity contribution is 5.79. The Labute approximate surface area is 164 Å². The van der Waals surface area contributed by atoms with Gasteiger partial charge in [-0.3, -0.25) is 4.79 Å². The van der Waals surface area contributed by atoms with E-state index in [0.29, 0.717) is 25.5 Å². The van der Waals surface area contributed by atoms with Gasteiger partial charge in [-0.1, -0.05) is 31.2 Å². The molecule has 2 aromatic rings. The van der Waals surface area contributed by atoms with Gasteiger partial charge in [0.2, 0.25) is 5.91 Å². The number of aromatic nitrogens is 2. The van der Waals surface area contributed by atoms with Crippen molar-refractivity contribution in [1.29, 1.82) is 5.26 Å². The van der Waals surface area contributed by atoms with Crippen molar-refractivity contribution in [3.63, 3.8) is 0 Å². The predicted molar refractivity (Wildman–Crippen MR) is 105 cm³/mol. The third-order valence-corrected chi connectivity index (χ3v) is 4.99. The third kappa shape index (κ3) is 4.63. The molecule has 2 heterocycles. The Bertz CT molecular complexity index is 846. The van der Waals surface area contributed by atoms with E-state index in [1.165, 1.54) is 0 Å². The number of benzene rings is 1. The molecule has 1 unspecified atom stereocenters. The number of nitrogens with one attached hydrogen (secondary N) is 1. The van der Waals surface area contributed by atoms with E-state index >= 15 is 0 Å². The van der Waals surface area contributed by atoms with Crippen LogP contribution in [0.4, 0.5) is 5.82 Å². The van der Waals surface area contributed by atoms with Gasteiger partial charge >= 0.3 is 0 Å². The van der Waals surface area contributed by atoms with E-state index in [1.54, 1.807) is 12.1 Å². The van der Waals surface area contributed by atoms with Crippen LogP contribution < -0.4 is 16.0 Å². The molecule has 4 N–H and O–H groups in total. The van der Waals surface area contributed by atoms with Gasteiger partial charge in [-0.25, -0.2) is 0 Å². The average molecular weight is 380 g/mol. The molecule has 1 fully saturated rings. The minimum absolute atomic E-state index is 0.142. The second-order valence-corrected chi connectivity index (χ2v) is 7.09. The predicted octanol–water partition coefficient (Wildman–Crippen LogP) is 0.319. The highest BCUT2D eigenvalue weighted by atomic mass is 16.3. The highest BCUT2D eigenvalue weighted by Gasteiger charge is 2.33. The van der Waals surface area contributed by atoms with Crippen LogP contribution >= 0.6 is 0 Å². The van der Waals surface area contributed by atoms with Gasteiger partial charge in [0, 0.05) is 13.1 Å².